The highest BCUT2D eigenvalue weighted by atomic mass is 16.5. The molecule has 0 spiro atoms. The van der Waals surface area contributed by atoms with Crippen molar-refractivity contribution in [1.29, 1.82) is 0 Å². The van der Waals surface area contributed by atoms with Gasteiger partial charge in [-0.2, -0.15) is 4.98 Å². The van der Waals surface area contributed by atoms with Crippen LogP contribution in [0.3, 0.4) is 0 Å². The molecule has 0 bridgehead atoms. The Balaban J connectivity index is 1.58. The van der Waals surface area contributed by atoms with Gasteiger partial charge in [0.15, 0.2) is 5.82 Å². The molecule has 0 unspecified atom stereocenters. The predicted octanol–water partition coefficient (Wildman–Crippen LogP) is 3.42. The molecule has 1 aromatic heterocycles. The zero-order valence-corrected chi connectivity index (χ0v) is 14.6. The average Bonchev–Trinajstić information content (AvgIpc) is 2.70. The van der Waals surface area contributed by atoms with Gasteiger partial charge in [-0.25, -0.2) is 4.98 Å². The second kappa shape index (κ2) is 6.92. The summed E-state index contributed by atoms with van der Waals surface area (Å²) in [5, 5.41) is 0. The lowest BCUT2D eigenvalue weighted by Crippen LogP contribution is -2.31. The number of rotatable bonds is 4. The van der Waals surface area contributed by atoms with Gasteiger partial charge < -0.3 is 20.1 Å². The van der Waals surface area contributed by atoms with E-state index in [0.29, 0.717) is 23.1 Å². The summed E-state index contributed by atoms with van der Waals surface area (Å²) in [7, 11) is 1.63. The number of benzene rings is 2. The van der Waals surface area contributed by atoms with Crippen molar-refractivity contribution in [2.24, 2.45) is 0 Å². The lowest BCUT2D eigenvalue weighted by molar-refractivity contribution is 0.412. The standard InChI is InChI=1S/C20H20N4O2/c1-25-16-6-8-17(9-7-16)26-20-18(21)19(22-13-23-20)24-11-10-14-4-2-3-5-15(14)12-24/h2-9,13H,10-12,21H2,1H3. The maximum Gasteiger partial charge on any atom is 0.248 e. The zero-order valence-electron chi connectivity index (χ0n) is 14.6. The summed E-state index contributed by atoms with van der Waals surface area (Å²) in [4.78, 5) is 10.8. The van der Waals surface area contributed by atoms with Gasteiger partial charge >= 0.3 is 0 Å². The monoisotopic (exact) mass is 348 g/mol. The number of anilines is 2. The minimum absolute atomic E-state index is 0.360. The molecule has 1 aliphatic heterocycles. The molecule has 0 aliphatic carbocycles. The fraction of sp³-hybridized carbons (Fsp3) is 0.200. The number of nitrogen functional groups attached to an aromatic ring is 1. The maximum absolute atomic E-state index is 6.32. The summed E-state index contributed by atoms with van der Waals surface area (Å²) in [5.41, 5.74) is 9.45. The van der Waals surface area contributed by atoms with Crippen LogP contribution in [0.1, 0.15) is 11.1 Å². The number of nitrogens with zero attached hydrogens (tertiary/aromatic N) is 3. The second-order valence-corrected chi connectivity index (χ2v) is 6.13. The summed E-state index contributed by atoms with van der Waals surface area (Å²) in [6.45, 7) is 1.64. The number of nitrogens with two attached hydrogens (primary N) is 1. The van der Waals surface area contributed by atoms with E-state index in [-0.39, 0.29) is 0 Å². The van der Waals surface area contributed by atoms with E-state index in [1.165, 1.54) is 17.5 Å². The van der Waals surface area contributed by atoms with Crippen LogP contribution < -0.4 is 20.1 Å². The Morgan fingerprint density at radius 1 is 0.962 bits per heavy atom. The summed E-state index contributed by atoms with van der Waals surface area (Å²) >= 11 is 0. The van der Waals surface area contributed by atoms with E-state index >= 15 is 0 Å². The molecule has 6 nitrogen and oxygen atoms in total. The molecule has 2 aromatic carbocycles. The van der Waals surface area contributed by atoms with E-state index in [4.69, 9.17) is 15.2 Å². The number of ether oxygens (including phenoxy) is 2. The largest absolute Gasteiger partial charge is 0.497 e. The normalized spacial score (nSPS) is 13.2. The van der Waals surface area contributed by atoms with E-state index in [1.807, 2.05) is 24.3 Å². The third kappa shape index (κ3) is 3.13. The molecular formula is C20H20N4O2. The minimum Gasteiger partial charge on any atom is -0.497 e. The molecule has 0 saturated carbocycles. The Hall–Kier alpha value is -3.28. The summed E-state index contributed by atoms with van der Waals surface area (Å²) < 4.78 is 11.0. The predicted molar refractivity (Wildman–Crippen MR) is 101 cm³/mol. The summed E-state index contributed by atoms with van der Waals surface area (Å²) in [6, 6.07) is 15.7. The van der Waals surface area contributed by atoms with Crippen LogP contribution in [0.5, 0.6) is 17.4 Å². The molecule has 0 saturated heterocycles. The topological polar surface area (TPSA) is 73.5 Å². The van der Waals surface area contributed by atoms with Crippen LogP contribution in [0.2, 0.25) is 0 Å². The summed E-state index contributed by atoms with van der Waals surface area (Å²) in [6.07, 6.45) is 2.46. The molecule has 6 heteroatoms. The average molecular weight is 348 g/mol. The van der Waals surface area contributed by atoms with Crippen LogP contribution in [0, 0.1) is 0 Å². The van der Waals surface area contributed by atoms with E-state index in [9.17, 15) is 0 Å². The molecule has 1 aliphatic rings. The van der Waals surface area contributed by atoms with Gasteiger partial charge in [0.05, 0.1) is 7.11 Å². The number of methoxy groups -OCH3 is 1. The Labute approximate surface area is 152 Å². The van der Waals surface area contributed by atoms with Gasteiger partial charge in [0.2, 0.25) is 5.88 Å². The van der Waals surface area contributed by atoms with Crippen molar-refractivity contribution in [1.82, 2.24) is 9.97 Å². The Morgan fingerprint density at radius 2 is 1.69 bits per heavy atom. The maximum atomic E-state index is 6.32. The van der Waals surface area contributed by atoms with Gasteiger partial charge in [0, 0.05) is 13.1 Å². The first-order valence-corrected chi connectivity index (χ1v) is 8.48. The van der Waals surface area contributed by atoms with Gasteiger partial charge in [-0.15, -0.1) is 0 Å². The van der Waals surface area contributed by atoms with Crippen LogP contribution >= 0.6 is 0 Å². The highest BCUT2D eigenvalue weighted by molar-refractivity contribution is 5.68. The Morgan fingerprint density at radius 3 is 2.46 bits per heavy atom. The van der Waals surface area contributed by atoms with Gasteiger partial charge in [-0.3, -0.25) is 0 Å². The van der Waals surface area contributed by atoms with Gasteiger partial charge in [0.1, 0.15) is 23.5 Å². The van der Waals surface area contributed by atoms with Crippen molar-refractivity contribution in [3.63, 3.8) is 0 Å². The van der Waals surface area contributed by atoms with Crippen LogP contribution in [0.25, 0.3) is 0 Å². The molecule has 0 radical (unpaired) electrons. The third-order valence-electron chi connectivity index (χ3n) is 4.53. The fourth-order valence-corrected chi connectivity index (χ4v) is 3.14. The van der Waals surface area contributed by atoms with E-state index < -0.39 is 0 Å². The smallest absolute Gasteiger partial charge is 0.248 e. The van der Waals surface area contributed by atoms with Crippen molar-refractivity contribution in [2.45, 2.75) is 13.0 Å². The van der Waals surface area contributed by atoms with Crippen molar-refractivity contribution >= 4 is 11.5 Å². The van der Waals surface area contributed by atoms with E-state index in [0.717, 1.165) is 25.3 Å². The summed E-state index contributed by atoms with van der Waals surface area (Å²) in [5.74, 6) is 2.48. The zero-order chi connectivity index (χ0) is 17.9. The van der Waals surface area contributed by atoms with Crippen molar-refractivity contribution in [2.75, 3.05) is 24.3 Å². The lowest BCUT2D eigenvalue weighted by atomic mass is 10.00. The molecule has 26 heavy (non-hydrogen) atoms. The number of hydrogen-bond donors (Lipinski definition) is 1. The van der Waals surface area contributed by atoms with Crippen LogP contribution in [-0.4, -0.2) is 23.6 Å². The fourth-order valence-electron chi connectivity index (χ4n) is 3.14. The first-order valence-electron chi connectivity index (χ1n) is 8.48. The highest BCUT2D eigenvalue weighted by Gasteiger charge is 2.21. The highest BCUT2D eigenvalue weighted by Crippen LogP contribution is 2.34. The SMILES string of the molecule is COc1ccc(Oc2ncnc(N3CCc4ccccc4C3)c2N)cc1. The molecule has 0 atom stereocenters. The Kier molecular flexibility index (Phi) is 4.31. The van der Waals surface area contributed by atoms with Gasteiger partial charge in [-0.1, -0.05) is 24.3 Å². The van der Waals surface area contributed by atoms with E-state index in [1.54, 1.807) is 7.11 Å². The molecule has 0 amide bonds. The molecular weight excluding hydrogens is 328 g/mol. The molecule has 4 rings (SSSR count). The first-order chi connectivity index (χ1) is 12.7. The third-order valence-corrected chi connectivity index (χ3v) is 4.53. The Bertz CT molecular complexity index is 912. The molecule has 3 aromatic rings. The number of hydrogen-bond acceptors (Lipinski definition) is 6. The van der Waals surface area contributed by atoms with E-state index in [2.05, 4.69) is 39.1 Å². The quantitative estimate of drug-likeness (QED) is 0.779. The van der Waals surface area contributed by atoms with Gasteiger partial charge in [-0.05, 0) is 41.8 Å². The first kappa shape index (κ1) is 16.2. The minimum atomic E-state index is 0.360. The van der Waals surface area contributed by atoms with Crippen LogP contribution in [0.4, 0.5) is 11.5 Å². The lowest BCUT2D eigenvalue weighted by Gasteiger charge is -2.30. The molecule has 2 heterocycles. The van der Waals surface area contributed by atoms with Gasteiger partial charge in [0.25, 0.3) is 0 Å². The second-order valence-electron chi connectivity index (χ2n) is 6.13. The number of aromatic nitrogens is 2. The van der Waals surface area contributed by atoms with Crippen LogP contribution in [-0.2, 0) is 13.0 Å². The molecule has 2 N–H and O–H groups in total. The van der Waals surface area contributed by atoms with Crippen molar-refractivity contribution in [3.8, 4) is 17.4 Å². The number of fused-ring (bicyclic) bond motifs is 1. The van der Waals surface area contributed by atoms with Crippen molar-refractivity contribution in [3.05, 3.63) is 66.0 Å². The van der Waals surface area contributed by atoms with Crippen LogP contribution in [0.15, 0.2) is 54.9 Å². The molecule has 0 fully saturated rings. The molecule has 132 valence electrons. The van der Waals surface area contributed by atoms with Crippen molar-refractivity contribution < 1.29 is 9.47 Å².